The highest BCUT2D eigenvalue weighted by atomic mass is 16.5. The number of carbonyl (C=O) groups is 2. The molecule has 1 saturated heterocycles. The number of benzene rings is 1. The van der Waals surface area contributed by atoms with E-state index in [4.69, 9.17) is 14.2 Å². The van der Waals surface area contributed by atoms with Crippen LogP contribution in [0.25, 0.3) is 6.08 Å². The lowest BCUT2D eigenvalue weighted by Crippen LogP contribution is -2.41. The van der Waals surface area contributed by atoms with Crippen LogP contribution in [-0.4, -0.2) is 62.7 Å². The van der Waals surface area contributed by atoms with Gasteiger partial charge in [-0.05, 0) is 54.7 Å². The first kappa shape index (κ1) is 23.1. The second kappa shape index (κ2) is 11.2. The Morgan fingerprint density at radius 3 is 2.38 bits per heavy atom. The Morgan fingerprint density at radius 1 is 1.12 bits per heavy atom. The highest BCUT2D eigenvalue weighted by molar-refractivity contribution is 5.94. The van der Waals surface area contributed by atoms with Gasteiger partial charge in [-0.25, -0.2) is 0 Å². The van der Waals surface area contributed by atoms with Gasteiger partial charge in [0.15, 0.2) is 11.5 Å². The van der Waals surface area contributed by atoms with Gasteiger partial charge >= 0.3 is 0 Å². The largest absolute Gasteiger partial charge is 0.493 e. The van der Waals surface area contributed by atoms with Crippen LogP contribution in [0.5, 0.6) is 17.2 Å². The molecular formula is C24H29N3O5. The molecule has 0 unspecified atom stereocenters. The molecule has 170 valence electrons. The van der Waals surface area contributed by atoms with Crippen molar-refractivity contribution < 1.29 is 23.8 Å². The van der Waals surface area contributed by atoms with Gasteiger partial charge in [0.05, 0.1) is 26.9 Å². The summed E-state index contributed by atoms with van der Waals surface area (Å²) in [6.45, 7) is 1.93. The predicted octanol–water partition coefficient (Wildman–Crippen LogP) is 2.79. The number of likely N-dealkylation sites (tertiary alicyclic amines) is 1. The van der Waals surface area contributed by atoms with Crippen LogP contribution in [0.3, 0.4) is 0 Å². The van der Waals surface area contributed by atoms with Gasteiger partial charge in [-0.15, -0.1) is 0 Å². The number of amides is 2. The van der Waals surface area contributed by atoms with E-state index in [-0.39, 0.29) is 11.8 Å². The van der Waals surface area contributed by atoms with E-state index in [9.17, 15) is 9.59 Å². The molecule has 3 rings (SSSR count). The highest BCUT2D eigenvalue weighted by Crippen LogP contribution is 2.38. The summed E-state index contributed by atoms with van der Waals surface area (Å²) in [5.41, 5.74) is 1.37. The van der Waals surface area contributed by atoms with Crippen molar-refractivity contribution in [3.05, 3.63) is 53.9 Å². The molecule has 0 spiro atoms. The summed E-state index contributed by atoms with van der Waals surface area (Å²) in [4.78, 5) is 30.7. The molecule has 1 aromatic carbocycles. The lowest BCUT2D eigenvalue weighted by atomic mass is 9.96. The number of nitrogens with zero attached hydrogens (tertiary/aromatic N) is 2. The van der Waals surface area contributed by atoms with Crippen molar-refractivity contribution in [3.8, 4) is 17.2 Å². The number of hydrogen-bond acceptors (Lipinski definition) is 6. The van der Waals surface area contributed by atoms with Crippen molar-refractivity contribution in [3.63, 3.8) is 0 Å². The molecular weight excluding hydrogens is 410 g/mol. The normalized spacial score (nSPS) is 14.3. The van der Waals surface area contributed by atoms with Crippen LogP contribution in [0.4, 0.5) is 0 Å². The topological polar surface area (TPSA) is 90.0 Å². The van der Waals surface area contributed by atoms with Crippen LogP contribution in [-0.2, 0) is 4.79 Å². The maximum atomic E-state index is 12.5. The number of carbonyl (C=O) groups excluding carboxylic acids is 2. The molecule has 0 aliphatic carbocycles. The van der Waals surface area contributed by atoms with Crippen molar-refractivity contribution in [2.45, 2.75) is 12.8 Å². The van der Waals surface area contributed by atoms with Crippen LogP contribution >= 0.6 is 0 Å². The SMILES string of the molecule is COc1cc(C=CC(=O)NCC2CCN(C(=O)c3cccnc3)CC2)cc(OC)c1OC. The molecule has 1 aromatic heterocycles. The third kappa shape index (κ3) is 5.78. The summed E-state index contributed by atoms with van der Waals surface area (Å²) < 4.78 is 16.0. The average Bonchev–Trinajstić information content (AvgIpc) is 2.85. The fourth-order valence-electron chi connectivity index (χ4n) is 3.69. The zero-order chi connectivity index (χ0) is 22.9. The number of pyridine rings is 1. The third-order valence-electron chi connectivity index (χ3n) is 5.49. The zero-order valence-corrected chi connectivity index (χ0v) is 18.7. The molecule has 32 heavy (non-hydrogen) atoms. The predicted molar refractivity (Wildman–Crippen MR) is 121 cm³/mol. The van der Waals surface area contributed by atoms with E-state index in [0.717, 1.165) is 18.4 Å². The quantitative estimate of drug-likeness (QED) is 0.636. The molecule has 1 N–H and O–H groups in total. The molecule has 2 amide bonds. The molecule has 0 bridgehead atoms. The third-order valence-corrected chi connectivity index (χ3v) is 5.49. The summed E-state index contributed by atoms with van der Waals surface area (Å²) >= 11 is 0. The first-order valence-corrected chi connectivity index (χ1v) is 10.5. The van der Waals surface area contributed by atoms with E-state index >= 15 is 0 Å². The smallest absolute Gasteiger partial charge is 0.255 e. The fourth-order valence-corrected chi connectivity index (χ4v) is 3.69. The number of rotatable bonds is 8. The maximum absolute atomic E-state index is 12.5. The lowest BCUT2D eigenvalue weighted by molar-refractivity contribution is -0.116. The van der Waals surface area contributed by atoms with Crippen LogP contribution in [0.2, 0.25) is 0 Å². The lowest BCUT2D eigenvalue weighted by Gasteiger charge is -2.32. The van der Waals surface area contributed by atoms with Crippen LogP contribution in [0.15, 0.2) is 42.7 Å². The van der Waals surface area contributed by atoms with Gasteiger partial charge in [-0.2, -0.15) is 0 Å². The standard InChI is InChI=1S/C24H29N3O5/c1-30-20-13-18(14-21(31-2)23(20)32-3)6-7-22(28)26-15-17-8-11-27(12-9-17)24(29)19-5-4-10-25-16-19/h4-7,10,13-14,16-17H,8-9,11-12,15H2,1-3H3,(H,26,28). The Morgan fingerprint density at radius 2 is 1.81 bits per heavy atom. The minimum absolute atomic E-state index is 0.00821. The molecule has 1 fully saturated rings. The van der Waals surface area contributed by atoms with Crippen molar-refractivity contribution >= 4 is 17.9 Å². The van der Waals surface area contributed by atoms with Crippen molar-refractivity contribution in [2.75, 3.05) is 41.0 Å². The van der Waals surface area contributed by atoms with E-state index in [0.29, 0.717) is 48.4 Å². The second-order valence-electron chi connectivity index (χ2n) is 7.51. The van der Waals surface area contributed by atoms with Gasteiger partial charge in [-0.3, -0.25) is 14.6 Å². The summed E-state index contributed by atoms with van der Waals surface area (Å²) in [5.74, 6) is 1.73. The first-order valence-electron chi connectivity index (χ1n) is 10.5. The molecule has 2 aromatic rings. The summed E-state index contributed by atoms with van der Waals surface area (Å²) in [7, 11) is 4.64. The summed E-state index contributed by atoms with van der Waals surface area (Å²) in [6.07, 6.45) is 8.14. The zero-order valence-electron chi connectivity index (χ0n) is 18.7. The molecule has 1 aliphatic rings. The molecule has 8 heteroatoms. The first-order chi connectivity index (χ1) is 15.5. The number of piperidine rings is 1. The van der Waals surface area contributed by atoms with E-state index in [1.165, 1.54) is 6.08 Å². The van der Waals surface area contributed by atoms with E-state index in [1.807, 2.05) is 4.90 Å². The fraction of sp³-hybridized carbons (Fsp3) is 0.375. The minimum Gasteiger partial charge on any atom is -0.493 e. The van der Waals surface area contributed by atoms with Gasteiger partial charge in [0.2, 0.25) is 11.7 Å². The Labute approximate surface area is 188 Å². The number of nitrogens with one attached hydrogen (secondary N) is 1. The second-order valence-corrected chi connectivity index (χ2v) is 7.51. The average molecular weight is 440 g/mol. The molecule has 0 saturated carbocycles. The van der Waals surface area contributed by atoms with Gasteiger partial charge < -0.3 is 24.4 Å². The molecule has 2 heterocycles. The summed E-state index contributed by atoms with van der Waals surface area (Å²) in [6, 6.07) is 7.10. The van der Waals surface area contributed by atoms with Crippen LogP contribution in [0.1, 0.15) is 28.8 Å². The van der Waals surface area contributed by atoms with E-state index in [1.54, 1.807) is 64.1 Å². The Kier molecular flexibility index (Phi) is 8.08. The van der Waals surface area contributed by atoms with Crippen molar-refractivity contribution in [1.82, 2.24) is 15.2 Å². The van der Waals surface area contributed by atoms with Gasteiger partial charge in [0.1, 0.15) is 0 Å². The molecule has 8 nitrogen and oxygen atoms in total. The van der Waals surface area contributed by atoms with E-state index < -0.39 is 0 Å². The van der Waals surface area contributed by atoms with Crippen LogP contribution < -0.4 is 19.5 Å². The number of hydrogen-bond donors (Lipinski definition) is 1. The monoisotopic (exact) mass is 439 g/mol. The highest BCUT2D eigenvalue weighted by Gasteiger charge is 2.23. The van der Waals surface area contributed by atoms with Crippen molar-refractivity contribution in [1.29, 1.82) is 0 Å². The van der Waals surface area contributed by atoms with Gasteiger partial charge in [0, 0.05) is 38.1 Å². The Bertz CT molecular complexity index is 928. The van der Waals surface area contributed by atoms with Crippen LogP contribution in [0, 0.1) is 5.92 Å². The van der Waals surface area contributed by atoms with Crippen molar-refractivity contribution in [2.24, 2.45) is 5.92 Å². The summed E-state index contributed by atoms with van der Waals surface area (Å²) in [5, 5.41) is 2.95. The number of methoxy groups -OCH3 is 3. The molecule has 0 radical (unpaired) electrons. The van der Waals surface area contributed by atoms with E-state index in [2.05, 4.69) is 10.3 Å². The molecule has 0 atom stereocenters. The van der Waals surface area contributed by atoms with Gasteiger partial charge in [-0.1, -0.05) is 0 Å². The maximum Gasteiger partial charge on any atom is 0.255 e. The number of ether oxygens (including phenoxy) is 3. The Hall–Kier alpha value is -3.55. The minimum atomic E-state index is -0.174. The number of aromatic nitrogens is 1. The van der Waals surface area contributed by atoms with Gasteiger partial charge in [0.25, 0.3) is 5.91 Å². The Balaban J connectivity index is 1.48. The molecule has 1 aliphatic heterocycles.